The molecule has 20 rings (SSSR count). The molecule has 0 saturated heterocycles. The smallest absolute Gasteiger partial charge is 0.227 e. The van der Waals surface area contributed by atoms with Gasteiger partial charge in [-0.05, 0) is 158 Å². The van der Waals surface area contributed by atoms with E-state index in [1.54, 1.807) is 126 Å². The van der Waals surface area contributed by atoms with E-state index in [0.717, 1.165) is 67.8 Å². The molecule has 6 N–H and O–H groups in total. The summed E-state index contributed by atoms with van der Waals surface area (Å²) in [5.74, 6) is 9.54. The number of imidazole rings is 1. The standard InChI is InChI=1S/C21H18N4O3.C20H21Cl2N5.C20H16N4O2.C19H13FN4O.C19H14N4O/c1-26-16-10-15(11-17(12-16)27-2)24-21-22-9-8-18(25-21)19-13-23-20(28-19)14-6-4-3-5-7-14;21-15-7-4-8-16(22)14(15)11-19-24-12-18(26-19)17-9-10-23-20(27-17)25-13-5-2-1-3-6-13;1-25-16-9-5-8-15(12-16)23-20-21-11-10-17(24-20)18-13-22-19(26-18)14-6-3-2-4-7-14;20-14-6-8-15(9-7-14)23-19-21-11-10-16(24-19)17-12-22-18(25-17)13-4-2-1-3-5-13;1-3-7-14(8-4-1)18-21-13-17(24-18)16-11-12-20-19(23-16)22-15-9-5-2-6-10-15/h3-13H,1-2H3,(H,22,24,25);4,7-10,12-13H,1-3,5-6,11H2,(H,24,26)(H,23,25,27);2-13H,1H3,(H,21,23,24);1-12H,(H,21,23,24);1-13H,(H,20,22,23). The van der Waals surface area contributed by atoms with Gasteiger partial charge in [-0.1, -0.05) is 146 Å². The molecule has 646 valence electrons. The molecule has 0 spiro atoms. The Hall–Kier alpha value is -16.7. The van der Waals surface area contributed by atoms with Gasteiger partial charge in [0.05, 0.1) is 63.7 Å². The van der Waals surface area contributed by atoms with Crippen LogP contribution in [0.25, 0.3) is 103 Å². The lowest BCUT2D eigenvalue weighted by atomic mass is 9.96. The Balaban J connectivity index is 0.000000119. The molecule has 0 atom stereocenters. The van der Waals surface area contributed by atoms with Crippen LogP contribution >= 0.6 is 23.2 Å². The number of oxazole rings is 4. The van der Waals surface area contributed by atoms with E-state index in [1.807, 2.05) is 212 Å². The normalized spacial score (nSPS) is 11.5. The minimum atomic E-state index is -0.296. The van der Waals surface area contributed by atoms with Crippen LogP contribution in [0.15, 0.2) is 347 Å². The highest BCUT2D eigenvalue weighted by atomic mass is 35.5. The highest BCUT2D eigenvalue weighted by Crippen LogP contribution is 2.35. The molecule has 0 unspecified atom stereocenters. The van der Waals surface area contributed by atoms with Gasteiger partial charge in [-0.2, -0.15) is 0 Å². The van der Waals surface area contributed by atoms with Gasteiger partial charge in [0.1, 0.15) is 51.7 Å². The number of ether oxygens (including phenoxy) is 3. The predicted molar refractivity (Wildman–Crippen MR) is 500 cm³/mol. The summed E-state index contributed by atoms with van der Waals surface area (Å²) in [4.78, 5) is 69.0. The molecule has 1 aliphatic rings. The Morgan fingerprint density at radius 1 is 0.338 bits per heavy atom. The maximum absolute atomic E-state index is 13.0. The summed E-state index contributed by atoms with van der Waals surface area (Å²) in [7, 11) is 4.83. The fraction of sp³-hybridized carbons (Fsp3) is 0.101. The van der Waals surface area contributed by atoms with E-state index in [9.17, 15) is 4.39 Å². The number of para-hydroxylation sites is 1. The van der Waals surface area contributed by atoms with Crippen LogP contribution in [0.3, 0.4) is 0 Å². The van der Waals surface area contributed by atoms with Crippen molar-refractivity contribution >= 4 is 75.7 Å². The average molecular weight is 1770 g/mol. The summed E-state index contributed by atoms with van der Waals surface area (Å²) in [5, 5.41) is 17.3. The van der Waals surface area contributed by atoms with Crippen LogP contribution in [0.5, 0.6) is 17.2 Å². The molecule has 0 bridgehead atoms. The van der Waals surface area contributed by atoms with Crippen LogP contribution in [-0.4, -0.2) is 107 Å². The van der Waals surface area contributed by atoms with Crippen LogP contribution in [0.2, 0.25) is 10.0 Å². The van der Waals surface area contributed by atoms with Crippen molar-refractivity contribution in [3.05, 3.63) is 356 Å². The number of hydrogen-bond acceptors (Lipinski definition) is 27. The molecule has 1 saturated carbocycles. The Morgan fingerprint density at radius 3 is 1.12 bits per heavy atom. The molecule has 0 radical (unpaired) electrons. The van der Waals surface area contributed by atoms with Crippen molar-refractivity contribution in [2.24, 2.45) is 0 Å². The molecule has 130 heavy (non-hydrogen) atoms. The number of nitrogens with zero attached hydrogens (tertiary/aromatic N) is 15. The minimum Gasteiger partial charge on any atom is -0.497 e. The van der Waals surface area contributed by atoms with Crippen LogP contribution in [0, 0.1) is 5.82 Å². The molecular formula is C99H82Cl2FN21O7. The number of nitrogens with one attached hydrogen (secondary N) is 6. The summed E-state index contributed by atoms with van der Waals surface area (Å²) in [5.41, 5.74) is 12.0. The third-order valence-electron chi connectivity index (χ3n) is 19.7. The second-order valence-corrected chi connectivity index (χ2v) is 29.5. The molecule has 19 aromatic rings. The van der Waals surface area contributed by atoms with Gasteiger partial charge in [-0.25, -0.2) is 79.2 Å². The Kier molecular flexibility index (Phi) is 28.9. The Labute approximate surface area is 756 Å². The van der Waals surface area contributed by atoms with Crippen LogP contribution in [0.1, 0.15) is 43.5 Å². The molecule has 0 amide bonds. The van der Waals surface area contributed by atoms with Gasteiger partial charge in [0.2, 0.25) is 53.3 Å². The topological polar surface area (TPSA) is 350 Å². The molecule has 10 aromatic heterocycles. The van der Waals surface area contributed by atoms with Gasteiger partial charge in [0.25, 0.3) is 0 Å². The first kappa shape index (κ1) is 86.8. The number of anilines is 9. The zero-order valence-corrected chi connectivity index (χ0v) is 71.7. The van der Waals surface area contributed by atoms with Crippen molar-refractivity contribution in [2.75, 3.05) is 47.9 Å². The lowest BCUT2D eigenvalue weighted by Crippen LogP contribution is -2.23. The van der Waals surface area contributed by atoms with E-state index in [-0.39, 0.29) is 5.82 Å². The van der Waals surface area contributed by atoms with Crippen molar-refractivity contribution in [1.29, 1.82) is 0 Å². The largest absolute Gasteiger partial charge is 0.497 e. The lowest BCUT2D eigenvalue weighted by molar-refractivity contribution is 0.395. The number of H-pyrrole nitrogens is 1. The lowest BCUT2D eigenvalue weighted by Gasteiger charge is -2.22. The van der Waals surface area contributed by atoms with Gasteiger partial charge in [0.15, 0.2) is 23.0 Å². The molecule has 1 fully saturated rings. The number of aromatic amines is 1. The summed E-state index contributed by atoms with van der Waals surface area (Å²) in [6, 6.07) is 82.6. The van der Waals surface area contributed by atoms with Crippen LogP contribution in [-0.2, 0) is 6.42 Å². The SMILES string of the molecule is COc1cc(Nc2nccc(-c3cnc(-c4ccccc4)o3)n2)cc(OC)c1.COc1cccc(Nc2nccc(-c3cnc(-c4ccccc4)o3)n2)c1.Clc1cccc(Cl)c1Cc1ncc(-c2ccnc(NC3CCCCC3)n2)[nH]1.Fc1ccc(Nc2nccc(-c3cnc(-c4ccccc4)o3)n2)cc1.c1ccc(Nc2nccc(-c3cnc(-c4ccccc4)o3)n2)cc1. The van der Waals surface area contributed by atoms with E-state index in [4.69, 9.17) is 55.1 Å². The molecule has 9 aromatic carbocycles. The number of halogens is 3. The molecule has 0 aliphatic heterocycles. The van der Waals surface area contributed by atoms with Gasteiger partial charge >= 0.3 is 0 Å². The quantitative estimate of drug-likeness (QED) is 0.0327. The molecule has 1 aliphatic carbocycles. The van der Waals surface area contributed by atoms with E-state index in [2.05, 4.69) is 106 Å². The predicted octanol–water partition coefficient (Wildman–Crippen LogP) is 23.8. The van der Waals surface area contributed by atoms with Crippen molar-refractivity contribution in [2.45, 2.75) is 44.6 Å². The maximum Gasteiger partial charge on any atom is 0.227 e. The van der Waals surface area contributed by atoms with Gasteiger partial charge in [0, 0.05) is 123 Å². The van der Waals surface area contributed by atoms with Crippen molar-refractivity contribution in [3.63, 3.8) is 0 Å². The molecule has 28 nitrogen and oxygen atoms in total. The summed E-state index contributed by atoms with van der Waals surface area (Å²) in [6.07, 6.45) is 23.6. The number of benzene rings is 9. The Morgan fingerprint density at radius 2 is 0.692 bits per heavy atom. The minimum absolute atomic E-state index is 0.296. The number of rotatable bonds is 24. The second kappa shape index (κ2) is 43.3. The number of hydrogen-bond donors (Lipinski definition) is 6. The zero-order valence-electron chi connectivity index (χ0n) is 70.2. The van der Waals surface area contributed by atoms with Crippen LogP contribution in [0.4, 0.5) is 56.9 Å². The first-order valence-electron chi connectivity index (χ1n) is 41.1. The summed E-state index contributed by atoms with van der Waals surface area (Å²) in [6.45, 7) is 0. The number of aromatic nitrogens is 16. The van der Waals surface area contributed by atoms with E-state index < -0.39 is 0 Å². The van der Waals surface area contributed by atoms with Crippen molar-refractivity contribution < 1.29 is 36.3 Å². The van der Waals surface area contributed by atoms with Gasteiger partial charge in [-0.3, -0.25) is 0 Å². The third kappa shape index (κ3) is 23.9. The molecular weight excluding hydrogens is 1690 g/mol. The van der Waals surface area contributed by atoms with Crippen molar-refractivity contribution in [1.82, 2.24) is 79.7 Å². The van der Waals surface area contributed by atoms with E-state index in [1.165, 1.54) is 44.2 Å². The number of methoxy groups -OCH3 is 3. The highest BCUT2D eigenvalue weighted by molar-refractivity contribution is 6.36. The van der Waals surface area contributed by atoms with Crippen molar-refractivity contribution in [3.8, 4) is 120 Å². The second-order valence-electron chi connectivity index (χ2n) is 28.7. The molecule has 10 heterocycles. The van der Waals surface area contributed by atoms with E-state index >= 15 is 0 Å². The summed E-state index contributed by atoms with van der Waals surface area (Å²) >= 11 is 12.5. The zero-order chi connectivity index (χ0) is 89.0. The highest BCUT2D eigenvalue weighted by Gasteiger charge is 2.20. The van der Waals surface area contributed by atoms with Crippen LogP contribution < -0.4 is 40.8 Å². The van der Waals surface area contributed by atoms with Gasteiger partial charge in [-0.15, -0.1) is 0 Å². The first-order valence-corrected chi connectivity index (χ1v) is 41.9. The fourth-order valence-electron chi connectivity index (χ4n) is 13.3. The van der Waals surface area contributed by atoms with Gasteiger partial charge < -0.3 is 63.4 Å². The first-order chi connectivity index (χ1) is 63.9. The monoisotopic (exact) mass is 1770 g/mol. The van der Waals surface area contributed by atoms with E-state index in [0.29, 0.717) is 139 Å². The maximum atomic E-state index is 13.0. The molecule has 31 heteroatoms. The third-order valence-corrected chi connectivity index (χ3v) is 20.4. The summed E-state index contributed by atoms with van der Waals surface area (Å²) < 4.78 is 52.1. The fourth-order valence-corrected chi connectivity index (χ4v) is 13.8. The Bertz CT molecular complexity index is 6790. The average Bonchev–Trinajstić information content (AvgIpc) is 1.41.